The first-order valence-electron chi connectivity index (χ1n) is 9.63. The fourth-order valence-electron chi connectivity index (χ4n) is 4.17. The Morgan fingerprint density at radius 1 is 1.19 bits per heavy atom. The van der Waals surface area contributed by atoms with Gasteiger partial charge in [0, 0.05) is 18.8 Å². The summed E-state index contributed by atoms with van der Waals surface area (Å²) in [5.41, 5.74) is -0.459. The Balaban J connectivity index is 1.72. The van der Waals surface area contributed by atoms with Gasteiger partial charge in [0.1, 0.15) is 11.4 Å². The number of halogens is 1. The van der Waals surface area contributed by atoms with Crippen LogP contribution >= 0.6 is 0 Å². The number of hydrogen-bond donors (Lipinski definition) is 2. The van der Waals surface area contributed by atoms with Gasteiger partial charge in [0.2, 0.25) is 5.91 Å². The first kappa shape index (κ1) is 18.7. The summed E-state index contributed by atoms with van der Waals surface area (Å²) in [6.45, 7) is 3.68. The van der Waals surface area contributed by atoms with Gasteiger partial charge >= 0.3 is 6.03 Å². The molecular weight excluding hydrogens is 333 g/mol. The molecule has 26 heavy (non-hydrogen) atoms. The molecule has 0 unspecified atom stereocenters. The standard InChI is InChI=1S/C20H28FN3O2/c1-15-7-6-12-24(14-15)18(25)20(10-3-2-4-11-20)23-19(26)22-17-9-5-8-16(21)13-17/h5,8-9,13,15H,2-4,6-7,10-12,14H2,1H3,(H2,22,23,26)/t15-/m0/s1. The highest BCUT2D eigenvalue weighted by Gasteiger charge is 2.44. The predicted octanol–water partition coefficient (Wildman–Crippen LogP) is 3.91. The number of nitrogens with zero attached hydrogens (tertiary/aromatic N) is 1. The van der Waals surface area contributed by atoms with Gasteiger partial charge in [-0.25, -0.2) is 9.18 Å². The number of amides is 3. The van der Waals surface area contributed by atoms with Crippen LogP contribution in [0.4, 0.5) is 14.9 Å². The zero-order valence-electron chi connectivity index (χ0n) is 15.4. The summed E-state index contributed by atoms with van der Waals surface area (Å²) in [4.78, 5) is 27.7. The van der Waals surface area contributed by atoms with E-state index < -0.39 is 17.4 Å². The molecule has 1 aromatic rings. The maximum absolute atomic E-state index is 13.3. The van der Waals surface area contributed by atoms with Crippen LogP contribution in [0, 0.1) is 11.7 Å². The number of rotatable bonds is 3. The summed E-state index contributed by atoms with van der Waals surface area (Å²) in [6.07, 6.45) is 6.41. The van der Waals surface area contributed by atoms with Crippen molar-refractivity contribution in [3.63, 3.8) is 0 Å². The zero-order valence-corrected chi connectivity index (χ0v) is 15.4. The lowest BCUT2D eigenvalue weighted by Gasteiger charge is -2.42. The molecule has 2 aliphatic rings. The Hall–Kier alpha value is -2.11. The molecule has 1 aromatic carbocycles. The SMILES string of the molecule is C[C@H]1CCCN(C(=O)C2(NC(=O)Nc3cccc(F)c3)CCCCC2)C1. The smallest absolute Gasteiger partial charge is 0.320 e. The van der Waals surface area contributed by atoms with E-state index in [1.807, 2.05) is 4.90 Å². The Morgan fingerprint density at radius 2 is 1.96 bits per heavy atom. The van der Waals surface area contributed by atoms with Gasteiger partial charge in [0.15, 0.2) is 0 Å². The summed E-state index contributed by atoms with van der Waals surface area (Å²) in [6, 6.07) is 5.32. The normalized spacial score (nSPS) is 22.5. The molecule has 1 aliphatic heterocycles. The van der Waals surface area contributed by atoms with Crippen molar-refractivity contribution in [2.24, 2.45) is 5.92 Å². The second-order valence-corrected chi connectivity index (χ2v) is 7.73. The molecule has 1 saturated carbocycles. The van der Waals surface area contributed by atoms with Crippen molar-refractivity contribution in [3.8, 4) is 0 Å². The molecule has 5 nitrogen and oxygen atoms in total. The summed E-state index contributed by atoms with van der Waals surface area (Å²) in [7, 11) is 0. The van der Waals surface area contributed by atoms with Gasteiger partial charge in [-0.15, -0.1) is 0 Å². The molecule has 3 rings (SSSR count). The lowest BCUT2D eigenvalue weighted by Crippen LogP contribution is -2.62. The van der Waals surface area contributed by atoms with Crippen LogP contribution in [-0.4, -0.2) is 35.5 Å². The van der Waals surface area contributed by atoms with E-state index in [0.29, 0.717) is 24.4 Å². The molecule has 1 saturated heterocycles. The topological polar surface area (TPSA) is 61.4 Å². The third-order valence-electron chi connectivity index (χ3n) is 5.50. The third-order valence-corrected chi connectivity index (χ3v) is 5.50. The minimum atomic E-state index is -0.841. The number of urea groups is 1. The maximum atomic E-state index is 13.3. The average molecular weight is 361 g/mol. The fourth-order valence-corrected chi connectivity index (χ4v) is 4.17. The van der Waals surface area contributed by atoms with E-state index in [0.717, 1.165) is 45.2 Å². The van der Waals surface area contributed by atoms with Crippen LogP contribution in [0.25, 0.3) is 0 Å². The lowest BCUT2D eigenvalue weighted by atomic mass is 9.80. The summed E-state index contributed by atoms with van der Waals surface area (Å²) in [5, 5.41) is 5.61. The third kappa shape index (κ3) is 4.34. The second-order valence-electron chi connectivity index (χ2n) is 7.73. The molecule has 1 aliphatic carbocycles. The second kappa shape index (κ2) is 8.06. The van der Waals surface area contributed by atoms with Crippen molar-refractivity contribution in [1.82, 2.24) is 10.2 Å². The number of carbonyl (C=O) groups is 2. The fraction of sp³-hybridized carbons (Fsp3) is 0.600. The van der Waals surface area contributed by atoms with Crippen molar-refractivity contribution in [2.45, 2.75) is 57.4 Å². The largest absolute Gasteiger partial charge is 0.340 e. The van der Waals surface area contributed by atoms with Crippen molar-refractivity contribution < 1.29 is 14.0 Å². The van der Waals surface area contributed by atoms with Crippen LogP contribution in [0.2, 0.25) is 0 Å². The molecular formula is C20H28FN3O2. The number of hydrogen-bond acceptors (Lipinski definition) is 2. The van der Waals surface area contributed by atoms with Crippen molar-refractivity contribution in [2.75, 3.05) is 18.4 Å². The van der Waals surface area contributed by atoms with Crippen LogP contribution in [-0.2, 0) is 4.79 Å². The van der Waals surface area contributed by atoms with E-state index in [-0.39, 0.29) is 5.91 Å². The van der Waals surface area contributed by atoms with Gasteiger partial charge in [-0.05, 0) is 49.8 Å². The van der Waals surface area contributed by atoms with E-state index in [4.69, 9.17) is 0 Å². The number of nitrogens with one attached hydrogen (secondary N) is 2. The molecule has 6 heteroatoms. The number of carbonyl (C=O) groups excluding carboxylic acids is 2. The van der Waals surface area contributed by atoms with Crippen LogP contribution in [0.3, 0.4) is 0 Å². The van der Waals surface area contributed by atoms with E-state index in [1.165, 1.54) is 12.1 Å². The average Bonchev–Trinajstić information content (AvgIpc) is 2.61. The summed E-state index contributed by atoms with van der Waals surface area (Å²) >= 11 is 0. The summed E-state index contributed by atoms with van der Waals surface area (Å²) < 4.78 is 13.3. The van der Waals surface area contributed by atoms with Crippen LogP contribution < -0.4 is 10.6 Å². The van der Waals surface area contributed by atoms with Gasteiger partial charge < -0.3 is 15.5 Å². The highest BCUT2D eigenvalue weighted by Crippen LogP contribution is 2.32. The first-order chi connectivity index (χ1) is 12.5. The quantitative estimate of drug-likeness (QED) is 0.857. The van der Waals surface area contributed by atoms with Crippen molar-refractivity contribution in [3.05, 3.63) is 30.1 Å². The molecule has 0 radical (unpaired) electrons. The molecule has 1 heterocycles. The van der Waals surface area contributed by atoms with Crippen LogP contribution in [0.1, 0.15) is 51.9 Å². The Labute approximate surface area is 154 Å². The maximum Gasteiger partial charge on any atom is 0.320 e. The predicted molar refractivity (Wildman–Crippen MR) is 99.3 cm³/mol. The van der Waals surface area contributed by atoms with Gasteiger partial charge in [-0.2, -0.15) is 0 Å². The van der Waals surface area contributed by atoms with E-state index in [9.17, 15) is 14.0 Å². The Morgan fingerprint density at radius 3 is 2.65 bits per heavy atom. The van der Waals surface area contributed by atoms with Gasteiger partial charge in [-0.3, -0.25) is 4.79 Å². The number of likely N-dealkylation sites (tertiary alicyclic amines) is 1. The van der Waals surface area contributed by atoms with Crippen LogP contribution in [0.5, 0.6) is 0 Å². The minimum absolute atomic E-state index is 0.0399. The summed E-state index contributed by atoms with van der Waals surface area (Å²) in [5.74, 6) is 0.126. The highest BCUT2D eigenvalue weighted by molar-refractivity contribution is 5.96. The minimum Gasteiger partial charge on any atom is -0.340 e. The van der Waals surface area contributed by atoms with E-state index in [2.05, 4.69) is 17.6 Å². The lowest BCUT2D eigenvalue weighted by molar-refractivity contribution is -0.141. The van der Waals surface area contributed by atoms with E-state index in [1.54, 1.807) is 12.1 Å². The number of anilines is 1. The first-order valence-corrected chi connectivity index (χ1v) is 9.63. The molecule has 142 valence electrons. The van der Waals surface area contributed by atoms with Gasteiger partial charge in [0.25, 0.3) is 0 Å². The molecule has 1 atom stereocenters. The number of piperidine rings is 1. The van der Waals surface area contributed by atoms with Crippen molar-refractivity contribution in [1.29, 1.82) is 0 Å². The van der Waals surface area contributed by atoms with Gasteiger partial charge in [0.05, 0.1) is 0 Å². The molecule has 2 N–H and O–H groups in total. The monoisotopic (exact) mass is 361 g/mol. The molecule has 0 spiro atoms. The number of benzene rings is 1. The zero-order chi connectivity index (χ0) is 18.6. The van der Waals surface area contributed by atoms with Crippen molar-refractivity contribution >= 4 is 17.6 Å². The highest BCUT2D eigenvalue weighted by atomic mass is 19.1. The molecule has 2 fully saturated rings. The van der Waals surface area contributed by atoms with Crippen LogP contribution in [0.15, 0.2) is 24.3 Å². The molecule has 0 bridgehead atoms. The molecule has 3 amide bonds. The van der Waals surface area contributed by atoms with E-state index >= 15 is 0 Å². The Bertz CT molecular complexity index is 658. The molecule has 0 aromatic heterocycles. The van der Waals surface area contributed by atoms with Gasteiger partial charge in [-0.1, -0.05) is 32.3 Å². The Kier molecular flexibility index (Phi) is 5.79.